The average Bonchev–Trinajstić information content (AvgIpc) is 2.45. The molecule has 2 amide bonds. The highest BCUT2D eigenvalue weighted by Crippen LogP contribution is 2.23. The molecule has 122 valence electrons. The fourth-order valence-corrected chi connectivity index (χ4v) is 1.88. The molecule has 0 aliphatic carbocycles. The molecule has 0 spiro atoms. The minimum absolute atomic E-state index is 0.192. The Balaban J connectivity index is 2.38. The van der Waals surface area contributed by atoms with Gasteiger partial charge in [0.05, 0.1) is 12.3 Å². The first-order valence-electron chi connectivity index (χ1n) is 7.46. The number of nitrogens with one attached hydrogen (secondary N) is 2. The van der Waals surface area contributed by atoms with E-state index in [-0.39, 0.29) is 18.2 Å². The molecule has 0 radical (unpaired) electrons. The second-order valence-corrected chi connectivity index (χ2v) is 5.16. The summed E-state index contributed by atoms with van der Waals surface area (Å²) in [4.78, 5) is 25.6. The van der Waals surface area contributed by atoms with Crippen molar-refractivity contribution in [1.82, 2.24) is 10.2 Å². The van der Waals surface area contributed by atoms with Crippen LogP contribution >= 0.6 is 0 Å². The van der Waals surface area contributed by atoms with Crippen LogP contribution in [0.4, 0.5) is 5.69 Å². The summed E-state index contributed by atoms with van der Waals surface area (Å²) in [6, 6.07) is 7.16. The van der Waals surface area contributed by atoms with E-state index in [4.69, 9.17) is 4.74 Å². The zero-order chi connectivity index (χ0) is 16.4. The highest BCUT2D eigenvalue weighted by molar-refractivity contribution is 6.04. The number of hydrogen-bond donors (Lipinski definition) is 2. The van der Waals surface area contributed by atoms with Gasteiger partial charge in [0.1, 0.15) is 12.2 Å². The van der Waals surface area contributed by atoms with Crippen molar-refractivity contribution < 1.29 is 14.3 Å². The fourth-order valence-electron chi connectivity index (χ4n) is 1.88. The van der Waals surface area contributed by atoms with E-state index in [1.54, 1.807) is 18.2 Å². The van der Waals surface area contributed by atoms with Gasteiger partial charge in [-0.1, -0.05) is 12.1 Å². The first-order valence-corrected chi connectivity index (χ1v) is 7.46. The fraction of sp³-hybridized carbons (Fsp3) is 0.500. The second kappa shape index (κ2) is 9.78. The SMILES string of the molecule is CCOc1ccccc1NC(=O)CC(=O)NCCCN(C)C. The van der Waals surface area contributed by atoms with E-state index in [0.29, 0.717) is 24.6 Å². The summed E-state index contributed by atoms with van der Waals surface area (Å²) >= 11 is 0. The standard InChI is InChI=1S/C16H25N3O3/c1-4-22-14-9-6-5-8-13(14)18-16(21)12-15(20)17-10-7-11-19(2)3/h5-6,8-9H,4,7,10-12H2,1-3H3,(H,17,20)(H,18,21). The summed E-state index contributed by atoms with van der Waals surface area (Å²) in [5.74, 6) is -0.0212. The normalized spacial score (nSPS) is 10.4. The van der Waals surface area contributed by atoms with Gasteiger partial charge in [0, 0.05) is 6.54 Å². The lowest BCUT2D eigenvalue weighted by Crippen LogP contribution is -2.30. The van der Waals surface area contributed by atoms with Crippen LogP contribution in [0.1, 0.15) is 19.8 Å². The van der Waals surface area contributed by atoms with Gasteiger partial charge in [-0.3, -0.25) is 9.59 Å². The lowest BCUT2D eigenvalue weighted by atomic mass is 10.2. The van der Waals surface area contributed by atoms with Gasteiger partial charge in [0.15, 0.2) is 0 Å². The molecule has 0 aromatic heterocycles. The smallest absolute Gasteiger partial charge is 0.233 e. The molecule has 0 aliphatic rings. The average molecular weight is 307 g/mol. The number of anilines is 1. The third-order valence-corrected chi connectivity index (χ3v) is 2.89. The number of carbonyl (C=O) groups is 2. The molecule has 0 unspecified atom stereocenters. The van der Waals surface area contributed by atoms with E-state index >= 15 is 0 Å². The van der Waals surface area contributed by atoms with Gasteiger partial charge < -0.3 is 20.3 Å². The molecule has 6 nitrogen and oxygen atoms in total. The van der Waals surface area contributed by atoms with E-state index in [2.05, 4.69) is 10.6 Å². The number of hydrogen-bond acceptors (Lipinski definition) is 4. The van der Waals surface area contributed by atoms with Crippen LogP contribution in [0.3, 0.4) is 0 Å². The summed E-state index contributed by atoms with van der Waals surface area (Å²) in [6.07, 6.45) is 0.663. The maximum absolute atomic E-state index is 11.9. The molecule has 1 rings (SSSR count). The zero-order valence-corrected chi connectivity index (χ0v) is 13.5. The number of carbonyl (C=O) groups excluding carboxylic acids is 2. The van der Waals surface area contributed by atoms with E-state index in [0.717, 1.165) is 13.0 Å². The van der Waals surface area contributed by atoms with Crippen molar-refractivity contribution in [3.8, 4) is 5.75 Å². The van der Waals surface area contributed by atoms with Gasteiger partial charge in [0.2, 0.25) is 11.8 Å². The van der Waals surface area contributed by atoms with E-state index in [9.17, 15) is 9.59 Å². The maximum atomic E-state index is 11.9. The van der Waals surface area contributed by atoms with Crippen molar-refractivity contribution in [3.63, 3.8) is 0 Å². The van der Waals surface area contributed by atoms with Crippen LogP contribution in [0.2, 0.25) is 0 Å². The van der Waals surface area contributed by atoms with Gasteiger partial charge in [-0.25, -0.2) is 0 Å². The minimum Gasteiger partial charge on any atom is -0.492 e. The Morgan fingerprint density at radius 1 is 1.18 bits per heavy atom. The lowest BCUT2D eigenvalue weighted by Gasteiger charge is -2.12. The Hall–Kier alpha value is -2.08. The Morgan fingerprint density at radius 3 is 2.59 bits per heavy atom. The van der Waals surface area contributed by atoms with Crippen molar-refractivity contribution in [1.29, 1.82) is 0 Å². The Bertz CT molecular complexity index is 489. The van der Waals surface area contributed by atoms with Gasteiger partial charge in [-0.2, -0.15) is 0 Å². The Morgan fingerprint density at radius 2 is 1.91 bits per heavy atom. The second-order valence-electron chi connectivity index (χ2n) is 5.16. The predicted octanol–water partition coefficient (Wildman–Crippen LogP) is 1.48. The minimum atomic E-state index is -0.350. The van der Waals surface area contributed by atoms with Crippen LogP contribution in [-0.4, -0.2) is 50.5 Å². The molecule has 0 heterocycles. The number of ether oxygens (including phenoxy) is 1. The Kier molecular flexibility index (Phi) is 7.99. The van der Waals surface area contributed by atoms with E-state index in [1.807, 2.05) is 32.0 Å². The topological polar surface area (TPSA) is 70.7 Å². The van der Waals surface area contributed by atoms with Crippen LogP contribution < -0.4 is 15.4 Å². The van der Waals surface area contributed by atoms with Gasteiger partial charge >= 0.3 is 0 Å². The number of para-hydroxylation sites is 2. The quantitative estimate of drug-likeness (QED) is 0.535. The number of benzene rings is 1. The van der Waals surface area contributed by atoms with Crippen molar-refractivity contribution in [2.24, 2.45) is 0 Å². The zero-order valence-electron chi connectivity index (χ0n) is 13.5. The largest absolute Gasteiger partial charge is 0.492 e. The van der Waals surface area contributed by atoms with E-state index < -0.39 is 0 Å². The summed E-state index contributed by atoms with van der Waals surface area (Å²) in [6.45, 7) is 3.85. The summed E-state index contributed by atoms with van der Waals surface area (Å²) in [5, 5.41) is 5.44. The molecule has 6 heteroatoms. The monoisotopic (exact) mass is 307 g/mol. The van der Waals surface area contributed by atoms with Crippen molar-refractivity contribution in [3.05, 3.63) is 24.3 Å². The molecule has 1 aromatic carbocycles. The molecule has 1 aromatic rings. The van der Waals surface area contributed by atoms with Gasteiger partial charge in [-0.05, 0) is 46.1 Å². The highest BCUT2D eigenvalue weighted by atomic mass is 16.5. The van der Waals surface area contributed by atoms with Crippen LogP contribution in [0.5, 0.6) is 5.75 Å². The van der Waals surface area contributed by atoms with Crippen LogP contribution in [0, 0.1) is 0 Å². The first-order chi connectivity index (χ1) is 10.5. The van der Waals surface area contributed by atoms with E-state index in [1.165, 1.54) is 0 Å². The van der Waals surface area contributed by atoms with Crippen molar-refractivity contribution in [2.45, 2.75) is 19.8 Å². The molecule has 22 heavy (non-hydrogen) atoms. The summed E-state index contributed by atoms with van der Waals surface area (Å²) < 4.78 is 5.42. The van der Waals surface area contributed by atoms with Crippen molar-refractivity contribution in [2.75, 3.05) is 39.1 Å². The molecular weight excluding hydrogens is 282 g/mol. The predicted molar refractivity (Wildman–Crippen MR) is 87.0 cm³/mol. The third-order valence-electron chi connectivity index (χ3n) is 2.89. The maximum Gasteiger partial charge on any atom is 0.233 e. The molecule has 0 saturated heterocycles. The number of amides is 2. The van der Waals surface area contributed by atoms with Crippen LogP contribution in [-0.2, 0) is 9.59 Å². The molecule has 0 fully saturated rings. The molecule has 2 N–H and O–H groups in total. The van der Waals surface area contributed by atoms with Crippen molar-refractivity contribution >= 4 is 17.5 Å². The van der Waals surface area contributed by atoms with Gasteiger partial charge in [-0.15, -0.1) is 0 Å². The molecule has 0 bridgehead atoms. The lowest BCUT2D eigenvalue weighted by molar-refractivity contribution is -0.126. The highest BCUT2D eigenvalue weighted by Gasteiger charge is 2.11. The Labute approximate surface area is 131 Å². The third kappa shape index (κ3) is 7.08. The molecule has 0 atom stereocenters. The molecule has 0 aliphatic heterocycles. The molecular formula is C16H25N3O3. The summed E-state index contributed by atoms with van der Waals surface area (Å²) in [5.41, 5.74) is 0.578. The number of rotatable bonds is 9. The van der Waals surface area contributed by atoms with Crippen LogP contribution in [0.15, 0.2) is 24.3 Å². The summed E-state index contributed by atoms with van der Waals surface area (Å²) in [7, 11) is 3.95. The van der Waals surface area contributed by atoms with Gasteiger partial charge in [0.25, 0.3) is 0 Å². The van der Waals surface area contributed by atoms with Crippen LogP contribution in [0.25, 0.3) is 0 Å². The first kappa shape index (κ1) is 18.0. The molecule has 0 saturated carbocycles. The number of nitrogens with zero attached hydrogens (tertiary/aromatic N) is 1.